The van der Waals surface area contributed by atoms with E-state index in [0.29, 0.717) is 5.76 Å². The Balaban J connectivity index is 1.96. The lowest BCUT2D eigenvalue weighted by atomic mass is 10.1. The summed E-state index contributed by atoms with van der Waals surface area (Å²) >= 11 is 0. The minimum Gasteiger partial charge on any atom is -0.491 e. The summed E-state index contributed by atoms with van der Waals surface area (Å²) in [5.41, 5.74) is 0.854. The van der Waals surface area contributed by atoms with Crippen molar-refractivity contribution in [2.24, 2.45) is 0 Å². The molecule has 2 aromatic rings. The van der Waals surface area contributed by atoms with Crippen molar-refractivity contribution in [3.63, 3.8) is 0 Å². The van der Waals surface area contributed by atoms with Crippen molar-refractivity contribution >= 4 is 5.91 Å². The third-order valence-corrected chi connectivity index (χ3v) is 3.04. The third-order valence-electron chi connectivity index (χ3n) is 3.04. The Hall–Kier alpha value is -2.27. The molecule has 0 aliphatic rings. The van der Waals surface area contributed by atoms with Gasteiger partial charge in [0.2, 0.25) is 5.91 Å². The predicted octanol–water partition coefficient (Wildman–Crippen LogP) is 2.46. The second-order valence-electron chi connectivity index (χ2n) is 5.31. The number of benzene rings is 1. The zero-order chi connectivity index (χ0) is 15.9. The molecule has 1 aromatic heterocycles. The molecule has 0 fully saturated rings. The average Bonchev–Trinajstić information content (AvgIpc) is 2.98. The zero-order valence-corrected chi connectivity index (χ0v) is 12.8. The Morgan fingerprint density at radius 1 is 1.32 bits per heavy atom. The van der Waals surface area contributed by atoms with E-state index in [0.717, 1.165) is 11.3 Å². The summed E-state index contributed by atoms with van der Waals surface area (Å²) in [6.07, 6.45) is 1.81. The lowest BCUT2D eigenvalue weighted by Gasteiger charge is -2.14. The van der Waals surface area contributed by atoms with Crippen LogP contribution < -0.4 is 10.1 Å². The largest absolute Gasteiger partial charge is 0.491 e. The first kappa shape index (κ1) is 16.1. The average molecular weight is 303 g/mol. The van der Waals surface area contributed by atoms with Crippen LogP contribution in [0.2, 0.25) is 0 Å². The van der Waals surface area contributed by atoms with Gasteiger partial charge >= 0.3 is 0 Å². The number of aliphatic hydroxyl groups excluding tert-OH is 1. The molecule has 0 bridgehead atoms. The second-order valence-corrected chi connectivity index (χ2v) is 5.31. The number of carbonyl (C=O) groups excluding carboxylic acids is 1. The monoisotopic (exact) mass is 303 g/mol. The summed E-state index contributed by atoms with van der Waals surface area (Å²) in [5.74, 6) is 1.09. The van der Waals surface area contributed by atoms with Crippen molar-refractivity contribution in [1.82, 2.24) is 5.32 Å². The topological polar surface area (TPSA) is 71.7 Å². The molecule has 0 radical (unpaired) electrons. The van der Waals surface area contributed by atoms with E-state index in [1.165, 1.54) is 6.26 Å². The maximum Gasteiger partial charge on any atom is 0.225 e. The molecule has 0 saturated carbocycles. The van der Waals surface area contributed by atoms with Crippen LogP contribution in [0.1, 0.15) is 31.2 Å². The Bertz CT molecular complexity index is 592. The van der Waals surface area contributed by atoms with Gasteiger partial charge in [0.15, 0.2) is 0 Å². The highest BCUT2D eigenvalue weighted by Gasteiger charge is 2.16. The molecule has 2 N–H and O–H groups in total. The van der Waals surface area contributed by atoms with E-state index in [1.54, 1.807) is 12.1 Å². The number of ether oxygens (including phenoxy) is 1. The number of amides is 1. The number of hydrogen-bond acceptors (Lipinski definition) is 4. The highest BCUT2D eigenvalue weighted by atomic mass is 16.5. The first-order valence-corrected chi connectivity index (χ1v) is 7.27. The van der Waals surface area contributed by atoms with Gasteiger partial charge < -0.3 is 19.6 Å². The molecular weight excluding hydrogens is 282 g/mol. The molecule has 0 spiro atoms. The number of aliphatic hydroxyl groups is 1. The van der Waals surface area contributed by atoms with Gasteiger partial charge in [0.05, 0.1) is 25.4 Å². The number of furan rings is 1. The van der Waals surface area contributed by atoms with E-state index in [4.69, 9.17) is 9.15 Å². The fourth-order valence-electron chi connectivity index (χ4n) is 2.13. The minimum atomic E-state index is -0.530. The predicted molar refractivity (Wildman–Crippen MR) is 82.6 cm³/mol. The van der Waals surface area contributed by atoms with Gasteiger partial charge in [0.1, 0.15) is 17.6 Å². The molecule has 118 valence electrons. The summed E-state index contributed by atoms with van der Waals surface area (Å²) in [4.78, 5) is 12.1. The van der Waals surface area contributed by atoms with Crippen molar-refractivity contribution in [3.05, 3.63) is 54.0 Å². The summed E-state index contributed by atoms with van der Waals surface area (Å²) in [6.45, 7) is 3.69. The molecule has 22 heavy (non-hydrogen) atoms. The molecule has 0 saturated heterocycles. The Labute approximate surface area is 129 Å². The van der Waals surface area contributed by atoms with Gasteiger partial charge in [-0.1, -0.05) is 12.1 Å². The summed E-state index contributed by atoms with van der Waals surface area (Å²) in [6, 6.07) is 10.3. The quantitative estimate of drug-likeness (QED) is 0.824. The van der Waals surface area contributed by atoms with E-state index >= 15 is 0 Å². The number of nitrogens with one attached hydrogen (secondary N) is 1. The molecule has 1 amide bonds. The normalized spacial score (nSPS) is 12.2. The molecule has 1 atom stereocenters. The lowest BCUT2D eigenvalue weighted by molar-refractivity contribution is -0.121. The molecule has 0 aliphatic heterocycles. The summed E-state index contributed by atoms with van der Waals surface area (Å²) in [5, 5.41) is 12.1. The number of hydrogen-bond donors (Lipinski definition) is 2. The van der Waals surface area contributed by atoms with Crippen LogP contribution in [0.4, 0.5) is 0 Å². The van der Waals surface area contributed by atoms with E-state index in [1.807, 2.05) is 38.1 Å². The first-order valence-electron chi connectivity index (χ1n) is 7.27. The van der Waals surface area contributed by atoms with Crippen LogP contribution in [-0.2, 0) is 11.2 Å². The zero-order valence-electron chi connectivity index (χ0n) is 12.8. The van der Waals surface area contributed by atoms with Crippen molar-refractivity contribution in [2.45, 2.75) is 32.4 Å². The maximum absolute atomic E-state index is 12.1. The highest BCUT2D eigenvalue weighted by molar-refractivity contribution is 5.79. The van der Waals surface area contributed by atoms with Crippen molar-refractivity contribution in [3.8, 4) is 5.75 Å². The standard InChI is InChI=1S/C17H21NO4/c1-12(2)22-14-6-3-5-13(9-14)10-17(20)18-15(11-19)16-7-4-8-21-16/h3-9,12,15,19H,10-11H2,1-2H3,(H,18,20). The first-order chi connectivity index (χ1) is 10.6. The molecule has 1 unspecified atom stereocenters. The van der Waals surface area contributed by atoms with E-state index in [-0.39, 0.29) is 25.0 Å². The van der Waals surface area contributed by atoms with Crippen LogP contribution in [0.25, 0.3) is 0 Å². The summed E-state index contributed by atoms with van der Waals surface area (Å²) < 4.78 is 10.8. The molecule has 2 rings (SSSR count). The number of carbonyl (C=O) groups is 1. The Kier molecular flexibility index (Phi) is 5.61. The van der Waals surface area contributed by atoms with Crippen LogP contribution >= 0.6 is 0 Å². The van der Waals surface area contributed by atoms with Crippen LogP contribution in [0.15, 0.2) is 47.1 Å². The Morgan fingerprint density at radius 2 is 2.14 bits per heavy atom. The third kappa shape index (κ3) is 4.63. The highest BCUT2D eigenvalue weighted by Crippen LogP contribution is 2.16. The van der Waals surface area contributed by atoms with E-state index in [9.17, 15) is 9.90 Å². The summed E-state index contributed by atoms with van der Waals surface area (Å²) in [7, 11) is 0. The van der Waals surface area contributed by atoms with Crippen LogP contribution in [0.5, 0.6) is 5.75 Å². The van der Waals surface area contributed by atoms with Crippen molar-refractivity contribution in [1.29, 1.82) is 0 Å². The molecule has 5 heteroatoms. The van der Waals surface area contributed by atoms with Crippen LogP contribution in [-0.4, -0.2) is 23.7 Å². The second kappa shape index (κ2) is 7.66. The van der Waals surface area contributed by atoms with Gasteiger partial charge in [-0.3, -0.25) is 4.79 Å². The van der Waals surface area contributed by atoms with Crippen LogP contribution in [0.3, 0.4) is 0 Å². The van der Waals surface area contributed by atoms with Gasteiger partial charge in [-0.15, -0.1) is 0 Å². The fourth-order valence-corrected chi connectivity index (χ4v) is 2.13. The molecule has 1 heterocycles. The Morgan fingerprint density at radius 3 is 2.77 bits per heavy atom. The molecule has 5 nitrogen and oxygen atoms in total. The van der Waals surface area contributed by atoms with Crippen molar-refractivity contribution in [2.75, 3.05) is 6.61 Å². The molecular formula is C17H21NO4. The fraction of sp³-hybridized carbons (Fsp3) is 0.353. The minimum absolute atomic E-state index is 0.0850. The van der Waals surface area contributed by atoms with E-state index < -0.39 is 6.04 Å². The molecule has 1 aromatic carbocycles. The number of rotatable bonds is 7. The van der Waals surface area contributed by atoms with Gasteiger partial charge in [0.25, 0.3) is 0 Å². The van der Waals surface area contributed by atoms with Crippen LogP contribution in [0, 0.1) is 0 Å². The molecule has 0 aliphatic carbocycles. The lowest BCUT2D eigenvalue weighted by Crippen LogP contribution is -2.31. The van der Waals surface area contributed by atoms with Gasteiger partial charge in [-0.05, 0) is 43.7 Å². The smallest absolute Gasteiger partial charge is 0.225 e. The van der Waals surface area contributed by atoms with Gasteiger partial charge in [0, 0.05) is 0 Å². The van der Waals surface area contributed by atoms with E-state index in [2.05, 4.69) is 5.32 Å². The van der Waals surface area contributed by atoms with Crippen molar-refractivity contribution < 1.29 is 19.1 Å². The van der Waals surface area contributed by atoms with Gasteiger partial charge in [-0.25, -0.2) is 0 Å². The maximum atomic E-state index is 12.1. The van der Waals surface area contributed by atoms with Gasteiger partial charge in [-0.2, -0.15) is 0 Å². The SMILES string of the molecule is CC(C)Oc1cccc(CC(=O)NC(CO)c2ccco2)c1.